The predicted molar refractivity (Wildman–Crippen MR) is 73.1 cm³/mol. The predicted octanol–water partition coefficient (Wildman–Crippen LogP) is 0.825. The number of anilines is 1. The molecule has 1 aromatic rings. The van der Waals surface area contributed by atoms with Crippen LogP contribution in [-0.2, 0) is 0 Å². The van der Waals surface area contributed by atoms with Crippen LogP contribution in [0.15, 0.2) is 12.1 Å². The number of nitrogens with zero attached hydrogens (tertiary/aromatic N) is 1. The van der Waals surface area contributed by atoms with Gasteiger partial charge in [0.15, 0.2) is 0 Å². The minimum Gasteiger partial charge on any atom is -0.393 e. The molecule has 0 fully saturated rings. The Hall–Kier alpha value is -2.15. The van der Waals surface area contributed by atoms with Gasteiger partial charge in [0, 0.05) is 12.6 Å². The quantitative estimate of drug-likeness (QED) is 0.305. The third-order valence-corrected chi connectivity index (χ3v) is 2.63. The highest BCUT2D eigenvalue weighted by Gasteiger charge is 2.20. The van der Waals surface area contributed by atoms with Gasteiger partial charge in [-0.1, -0.05) is 0 Å². The van der Waals surface area contributed by atoms with E-state index >= 15 is 0 Å². The molecule has 104 valence electrons. The summed E-state index contributed by atoms with van der Waals surface area (Å²) >= 11 is 0. The van der Waals surface area contributed by atoms with E-state index in [2.05, 4.69) is 10.6 Å². The first-order valence-corrected chi connectivity index (χ1v) is 5.94. The van der Waals surface area contributed by atoms with Gasteiger partial charge in [-0.05, 0) is 38.6 Å². The van der Waals surface area contributed by atoms with Crippen molar-refractivity contribution in [2.75, 3.05) is 25.9 Å². The summed E-state index contributed by atoms with van der Waals surface area (Å²) in [5.74, 6) is -0.389. The van der Waals surface area contributed by atoms with Gasteiger partial charge in [0.2, 0.25) is 0 Å². The molecular formula is C12H18N4O3. The Morgan fingerprint density at radius 3 is 2.68 bits per heavy atom. The average molecular weight is 266 g/mol. The highest BCUT2D eigenvalue weighted by atomic mass is 16.6. The number of nitrogens with two attached hydrogens (primary N) is 1. The number of nitrogen functional groups attached to an aromatic ring is 1. The van der Waals surface area contributed by atoms with E-state index in [-0.39, 0.29) is 22.8 Å². The normalized spacial score (nSPS) is 10.2. The third kappa shape index (κ3) is 3.92. The van der Waals surface area contributed by atoms with Gasteiger partial charge >= 0.3 is 0 Å². The van der Waals surface area contributed by atoms with Gasteiger partial charge in [-0.2, -0.15) is 0 Å². The van der Waals surface area contributed by atoms with Crippen molar-refractivity contribution in [3.8, 4) is 0 Å². The van der Waals surface area contributed by atoms with E-state index in [1.165, 1.54) is 6.07 Å². The summed E-state index contributed by atoms with van der Waals surface area (Å²) in [5, 5.41) is 16.5. The van der Waals surface area contributed by atoms with Gasteiger partial charge in [0.1, 0.15) is 5.69 Å². The van der Waals surface area contributed by atoms with Crippen molar-refractivity contribution in [1.29, 1.82) is 0 Å². The van der Waals surface area contributed by atoms with Gasteiger partial charge in [-0.25, -0.2) is 0 Å². The fraction of sp³-hybridized carbons (Fsp3) is 0.417. The topological polar surface area (TPSA) is 110 Å². The van der Waals surface area contributed by atoms with Crippen molar-refractivity contribution in [2.45, 2.75) is 13.3 Å². The zero-order chi connectivity index (χ0) is 14.4. The number of carbonyl (C=O) groups is 1. The maximum atomic E-state index is 11.9. The van der Waals surface area contributed by atoms with E-state index in [4.69, 9.17) is 5.73 Å². The fourth-order valence-electron chi connectivity index (χ4n) is 1.68. The van der Waals surface area contributed by atoms with Crippen molar-refractivity contribution in [1.82, 2.24) is 10.6 Å². The molecule has 7 heteroatoms. The number of rotatable bonds is 6. The minimum atomic E-state index is -0.583. The maximum Gasteiger partial charge on any atom is 0.293 e. The third-order valence-electron chi connectivity index (χ3n) is 2.63. The number of carbonyl (C=O) groups excluding carboxylic acids is 1. The molecule has 0 radical (unpaired) electrons. The molecule has 0 aliphatic rings. The fourth-order valence-corrected chi connectivity index (χ4v) is 1.68. The standard InChI is InChI=1S/C12H18N4O3/c1-8-6-9(11(13)10(7-8)16(18)19)12(17)15-5-3-4-14-2/h6-7,14H,3-5,13H2,1-2H3,(H,15,17). The lowest BCUT2D eigenvalue weighted by Crippen LogP contribution is -2.27. The molecule has 19 heavy (non-hydrogen) atoms. The number of nitro benzene ring substituents is 1. The lowest BCUT2D eigenvalue weighted by atomic mass is 10.1. The van der Waals surface area contributed by atoms with E-state index in [1.807, 2.05) is 7.05 Å². The maximum absolute atomic E-state index is 11.9. The SMILES string of the molecule is CNCCCNC(=O)c1cc(C)cc([N+](=O)[O-])c1N. The number of nitrogens with one attached hydrogen (secondary N) is 2. The van der Waals surface area contributed by atoms with Crippen LogP contribution >= 0.6 is 0 Å². The lowest BCUT2D eigenvalue weighted by Gasteiger charge is -2.09. The Balaban J connectivity index is 2.88. The monoisotopic (exact) mass is 266 g/mol. The van der Waals surface area contributed by atoms with Gasteiger partial charge in [-0.3, -0.25) is 14.9 Å². The van der Waals surface area contributed by atoms with Crippen LogP contribution in [0, 0.1) is 17.0 Å². The molecule has 0 saturated heterocycles. The zero-order valence-corrected chi connectivity index (χ0v) is 11.0. The Bertz CT molecular complexity index is 488. The molecule has 1 rings (SSSR count). The first-order valence-electron chi connectivity index (χ1n) is 5.94. The number of hydrogen-bond acceptors (Lipinski definition) is 5. The number of aryl methyl sites for hydroxylation is 1. The average Bonchev–Trinajstić information content (AvgIpc) is 2.36. The van der Waals surface area contributed by atoms with Crippen LogP contribution in [0.2, 0.25) is 0 Å². The molecular weight excluding hydrogens is 248 g/mol. The molecule has 0 bridgehead atoms. The Labute approximate surface area is 111 Å². The second-order valence-electron chi connectivity index (χ2n) is 4.22. The molecule has 0 unspecified atom stereocenters. The summed E-state index contributed by atoms with van der Waals surface area (Å²) < 4.78 is 0. The largest absolute Gasteiger partial charge is 0.393 e. The molecule has 7 nitrogen and oxygen atoms in total. The second-order valence-corrected chi connectivity index (χ2v) is 4.22. The first-order chi connectivity index (χ1) is 8.97. The Morgan fingerprint density at radius 2 is 2.11 bits per heavy atom. The number of nitro groups is 1. The number of benzene rings is 1. The minimum absolute atomic E-state index is 0.0956. The molecule has 0 aromatic heterocycles. The summed E-state index contributed by atoms with van der Waals surface area (Å²) in [6.07, 6.45) is 0.774. The molecule has 0 heterocycles. The summed E-state index contributed by atoms with van der Waals surface area (Å²) in [4.78, 5) is 22.2. The van der Waals surface area contributed by atoms with Crippen LogP contribution in [0.25, 0.3) is 0 Å². The van der Waals surface area contributed by atoms with Crippen LogP contribution in [0.5, 0.6) is 0 Å². The lowest BCUT2D eigenvalue weighted by molar-refractivity contribution is -0.384. The van der Waals surface area contributed by atoms with Crippen molar-refractivity contribution >= 4 is 17.3 Å². The second kappa shape index (κ2) is 6.69. The summed E-state index contributed by atoms with van der Waals surface area (Å²) in [5.41, 5.74) is 6.11. The van der Waals surface area contributed by atoms with E-state index in [1.54, 1.807) is 13.0 Å². The smallest absolute Gasteiger partial charge is 0.293 e. The van der Waals surface area contributed by atoms with Crippen LogP contribution in [0.3, 0.4) is 0 Å². The highest BCUT2D eigenvalue weighted by Crippen LogP contribution is 2.26. The Kier molecular flexibility index (Phi) is 5.25. The molecule has 0 atom stereocenters. The van der Waals surface area contributed by atoms with Crippen molar-refractivity contribution in [2.24, 2.45) is 0 Å². The summed E-state index contributed by atoms with van der Waals surface area (Å²) in [6.45, 7) is 2.95. The van der Waals surface area contributed by atoms with Crippen molar-refractivity contribution in [3.63, 3.8) is 0 Å². The number of amides is 1. The van der Waals surface area contributed by atoms with E-state index in [0.29, 0.717) is 12.1 Å². The molecule has 0 saturated carbocycles. The Morgan fingerprint density at radius 1 is 1.42 bits per heavy atom. The van der Waals surface area contributed by atoms with E-state index < -0.39 is 4.92 Å². The zero-order valence-electron chi connectivity index (χ0n) is 11.0. The van der Waals surface area contributed by atoms with Gasteiger partial charge < -0.3 is 16.4 Å². The first kappa shape index (κ1) is 14.9. The molecule has 0 aliphatic carbocycles. The molecule has 1 amide bonds. The van der Waals surface area contributed by atoms with Crippen molar-refractivity contribution < 1.29 is 9.72 Å². The molecule has 4 N–H and O–H groups in total. The van der Waals surface area contributed by atoms with Gasteiger partial charge in [0.05, 0.1) is 10.5 Å². The van der Waals surface area contributed by atoms with Gasteiger partial charge in [-0.15, -0.1) is 0 Å². The van der Waals surface area contributed by atoms with Gasteiger partial charge in [0.25, 0.3) is 11.6 Å². The summed E-state index contributed by atoms with van der Waals surface area (Å²) in [7, 11) is 1.82. The van der Waals surface area contributed by atoms with E-state index in [9.17, 15) is 14.9 Å². The van der Waals surface area contributed by atoms with Crippen molar-refractivity contribution in [3.05, 3.63) is 33.4 Å². The molecule has 0 aliphatic heterocycles. The van der Waals surface area contributed by atoms with Crippen LogP contribution < -0.4 is 16.4 Å². The summed E-state index contributed by atoms with van der Waals surface area (Å²) in [6, 6.07) is 2.91. The van der Waals surface area contributed by atoms with E-state index in [0.717, 1.165) is 13.0 Å². The molecule has 0 spiro atoms. The highest BCUT2D eigenvalue weighted by molar-refractivity contribution is 6.01. The van der Waals surface area contributed by atoms with Crippen LogP contribution in [0.4, 0.5) is 11.4 Å². The number of hydrogen-bond donors (Lipinski definition) is 3. The van der Waals surface area contributed by atoms with Crippen LogP contribution in [0.1, 0.15) is 22.3 Å². The molecule has 1 aromatic carbocycles. The van der Waals surface area contributed by atoms with Crippen LogP contribution in [-0.4, -0.2) is 31.0 Å².